The summed E-state index contributed by atoms with van der Waals surface area (Å²) in [6, 6.07) is 6.38. The zero-order valence-electron chi connectivity index (χ0n) is 14.6. The van der Waals surface area contributed by atoms with Crippen LogP contribution in [-0.2, 0) is 4.79 Å². The minimum atomic E-state index is -2.89. The molecule has 0 bridgehead atoms. The molecule has 1 aliphatic rings. The lowest BCUT2D eigenvalue weighted by Gasteiger charge is -2.30. The molecule has 1 aliphatic heterocycles. The quantitative estimate of drug-likeness (QED) is 0.575. The number of alkyl halides is 2. The smallest absolute Gasteiger partial charge is 0.387 e. The van der Waals surface area contributed by atoms with E-state index in [2.05, 4.69) is 21.9 Å². The van der Waals surface area contributed by atoms with Gasteiger partial charge in [0.1, 0.15) is 5.75 Å². The Hall–Kier alpha value is -1.95. The summed E-state index contributed by atoms with van der Waals surface area (Å²) in [5.41, 5.74) is 0.445. The van der Waals surface area contributed by atoms with E-state index in [1.165, 1.54) is 31.1 Å². The van der Waals surface area contributed by atoms with Gasteiger partial charge in [0.15, 0.2) is 0 Å². The van der Waals surface area contributed by atoms with Crippen LogP contribution in [0.2, 0.25) is 0 Å². The van der Waals surface area contributed by atoms with Gasteiger partial charge in [-0.15, -0.1) is 0 Å². The van der Waals surface area contributed by atoms with Crippen LogP contribution in [0.15, 0.2) is 30.3 Å². The first-order valence-electron chi connectivity index (χ1n) is 8.76. The molecule has 1 aromatic carbocycles. The summed E-state index contributed by atoms with van der Waals surface area (Å²) in [6.45, 7) is 3.24. The molecule has 138 valence electrons. The van der Waals surface area contributed by atoms with Crippen molar-refractivity contribution >= 4 is 12.0 Å². The third-order valence-corrected chi connectivity index (χ3v) is 4.24. The Bertz CT molecular complexity index is 578. The van der Waals surface area contributed by atoms with Gasteiger partial charge in [-0.05, 0) is 50.4 Å². The first-order chi connectivity index (χ1) is 12.0. The van der Waals surface area contributed by atoms with Crippen molar-refractivity contribution in [3.05, 3.63) is 35.9 Å². The van der Waals surface area contributed by atoms with Gasteiger partial charge in [-0.1, -0.05) is 25.1 Å². The summed E-state index contributed by atoms with van der Waals surface area (Å²) < 4.78 is 29.1. The monoisotopic (exact) mass is 352 g/mol. The van der Waals surface area contributed by atoms with E-state index in [4.69, 9.17) is 0 Å². The Balaban J connectivity index is 1.72. The van der Waals surface area contributed by atoms with Crippen molar-refractivity contribution in [2.75, 3.05) is 26.2 Å². The highest BCUT2D eigenvalue weighted by Gasteiger charge is 2.15. The summed E-state index contributed by atoms with van der Waals surface area (Å²) in [4.78, 5) is 14.3. The second kappa shape index (κ2) is 10.1. The maximum atomic E-state index is 12.4. The number of nitrogens with one attached hydrogen (secondary N) is 1. The van der Waals surface area contributed by atoms with Gasteiger partial charge >= 0.3 is 6.61 Å². The highest BCUT2D eigenvalue weighted by molar-refractivity contribution is 5.92. The first kappa shape index (κ1) is 19.4. The molecule has 1 N–H and O–H groups in total. The third-order valence-electron chi connectivity index (χ3n) is 4.24. The topological polar surface area (TPSA) is 41.6 Å². The van der Waals surface area contributed by atoms with Crippen LogP contribution in [0.1, 0.15) is 31.7 Å². The Labute approximate surface area is 147 Å². The largest absolute Gasteiger partial charge is 0.434 e. The van der Waals surface area contributed by atoms with Crippen molar-refractivity contribution in [3.8, 4) is 5.75 Å². The molecule has 6 heteroatoms. The minimum absolute atomic E-state index is 0.0563. The number of likely N-dealkylation sites (tertiary alicyclic amines) is 1. The van der Waals surface area contributed by atoms with Gasteiger partial charge in [-0.25, -0.2) is 0 Å². The molecule has 1 saturated heterocycles. The fraction of sp³-hybridized carbons (Fsp3) is 0.526. The van der Waals surface area contributed by atoms with Gasteiger partial charge in [-0.3, -0.25) is 4.79 Å². The molecule has 0 aromatic heterocycles. The summed E-state index contributed by atoms with van der Waals surface area (Å²) in [7, 11) is 0. The van der Waals surface area contributed by atoms with Crippen LogP contribution < -0.4 is 10.1 Å². The minimum Gasteiger partial charge on any atom is -0.434 e. The summed E-state index contributed by atoms with van der Waals surface area (Å²) in [6.07, 6.45) is 6.28. The number of amides is 1. The van der Waals surface area contributed by atoms with Crippen LogP contribution in [0.5, 0.6) is 5.75 Å². The van der Waals surface area contributed by atoms with Gasteiger partial charge in [0, 0.05) is 24.7 Å². The van der Waals surface area contributed by atoms with Crippen LogP contribution >= 0.6 is 0 Å². The van der Waals surface area contributed by atoms with Crippen LogP contribution in [0.3, 0.4) is 0 Å². The van der Waals surface area contributed by atoms with E-state index >= 15 is 0 Å². The van der Waals surface area contributed by atoms with Gasteiger partial charge in [0.25, 0.3) is 0 Å². The average Bonchev–Trinajstić information content (AvgIpc) is 2.57. The van der Waals surface area contributed by atoms with Gasteiger partial charge in [0.2, 0.25) is 5.91 Å². The predicted octanol–water partition coefficient (Wildman–Crippen LogP) is 3.54. The number of hydrogen-bond donors (Lipinski definition) is 1. The Morgan fingerprint density at radius 2 is 2.24 bits per heavy atom. The normalized spacial score (nSPS) is 18.6. The van der Waals surface area contributed by atoms with E-state index in [0.717, 1.165) is 32.0 Å². The number of nitrogens with zero attached hydrogens (tertiary/aromatic N) is 1. The second-order valence-corrected chi connectivity index (χ2v) is 6.44. The Kier molecular flexibility index (Phi) is 7.85. The van der Waals surface area contributed by atoms with Gasteiger partial charge < -0.3 is 15.0 Å². The van der Waals surface area contributed by atoms with E-state index in [1.54, 1.807) is 18.2 Å². The average molecular weight is 352 g/mol. The van der Waals surface area contributed by atoms with Crippen LogP contribution in [0.25, 0.3) is 6.08 Å². The lowest BCUT2D eigenvalue weighted by atomic mass is 10.0. The first-order valence-corrected chi connectivity index (χ1v) is 8.76. The standard InChI is InChI=1S/C19H26F2N2O2/c1-15-6-4-12-23(14-15)13-5-11-22-18(24)10-9-16-7-2-3-8-17(16)25-19(20)21/h2-3,7-10,15,19H,4-6,11-14H2,1H3,(H,22,24)/b10-9+. The number of halogens is 2. The Morgan fingerprint density at radius 3 is 3.00 bits per heavy atom. The van der Waals surface area contributed by atoms with Gasteiger partial charge in [-0.2, -0.15) is 8.78 Å². The number of carbonyl (C=O) groups excluding carboxylic acids is 1. The molecule has 1 unspecified atom stereocenters. The summed E-state index contributed by atoms with van der Waals surface area (Å²) in [5, 5.41) is 2.82. The van der Waals surface area contributed by atoms with E-state index in [0.29, 0.717) is 12.1 Å². The van der Waals surface area contributed by atoms with Crippen molar-refractivity contribution in [3.63, 3.8) is 0 Å². The van der Waals surface area contributed by atoms with Crippen LogP contribution in [0, 0.1) is 5.92 Å². The number of carbonyl (C=O) groups is 1. The maximum Gasteiger partial charge on any atom is 0.387 e. The van der Waals surface area contributed by atoms with E-state index in [9.17, 15) is 13.6 Å². The highest BCUT2D eigenvalue weighted by atomic mass is 19.3. The van der Waals surface area contributed by atoms with E-state index in [-0.39, 0.29) is 11.7 Å². The van der Waals surface area contributed by atoms with E-state index < -0.39 is 6.61 Å². The molecule has 0 spiro atoms. The van der Waals surface area contributed by atoms with Gasteiger partial charge in [0.05, 0.1) is 0 Å². The number of rotatable bonds is 8. The molecule has 1 amide bonds. The molecule has 1 heterocycles. The maximum absolute atomic E-state index is 12.4. The van der Waals surface area contributed by atoms with E-state index in [1.807, 2.05) is 0 Å². The lowest BCUT2D eigenvalue weighted by molar-refractivity contribution is -0.116. The molecule has 1 fully saturated rings. The molecule has 2 rings (SSSR count). The van der Waals surface area contributed by atoms with Crippen LogP contribution in [0.4, 0.5) is 8.78 Å². The lowest BCUT2D eigenvalue weighted by Crippen LogP contribution is -2.36. The molecule has 4 nitrogen and oxygen atoms in total. The fourth-order valence-electron chi connectivity index (χ4n) is 3.05. The molecule has 0 aliphatic carbocycles. The number of piperidine rings is 1. The molecule has 25 heavy (non-hydrogen) atoms. The fourth-order valence-corrected chi connectivity index (χ4v) is 3.05. The van der Waals surface area contributed by atoms with Crippen LogP contribution in [-0.4, -0.2) is 43.6 Å². The third kappa shape index (κ3) is 7.22. The summed E-state index contributed by atoms with van der Waals surface area (Å²) in [5.74, 6) is 0.571. The molecule has 0 saturated carbocycles. The predicted molar refractivity (Wildman–Crippen MR) is 94.6 cm³/mol. The number of ether oxygens (including phenoxy) is 1. The molecule has 1 atom stereocenters. The highest BCUT2D eigenvalue weighted by Crippen LogP contribution is 2.21. The Morgan fingerprint density at radius 1 is 1.44 bits per heavy atom. The van der Waals surface area contributed by atoms with Crippen molar-refractivity contribution in [2.45, 2.75) is 32.8 Å². The molecule has 0 radical (unpaired) electrons. The van der Waals surface area contributed by atoms with Crippen molar-refractivity contribution in [1.82, 2.24) is 10.2 Å². The van der Waals surface area contributed by atoms with Crippen molar-refractivity contribution in [2.24, 2.45) is 5.92 Å². The molecular weight excluding hydrogens is 326 g/mol. The molecular formula is C19H26F2N2O2. The zero-order chi connectivity index (χ0) is 18.1. The van der Waals surface area contributed by atoms with Crippen molar-refractivity contribution < 1.29 is 18.3 Å². The van der Waals surface area contributed by atoms with Crippen molar-refractivity contribution in [1.29, 1.82) is 0 Å². The second-order valence-electron chi connectivity index (χ2n) is 6.44. The number of hydrogen-bond acceptors (Lipinski definition) is 3. The molecule has 1 aromatic rings. The number of benzene rings is 1. The SMILES string of the molecule is CC1CCCN(CCCNC(=O)/C=C/c2ccccc2OC(F)F)C1. The summed E-state index contributed by atoms with van der Waals surface area (Å²) >= 11 is 0. The zero-order valence-corrected chi connectivity index (χ0v) is 14.6. The number of para-hydroxylation sites is 1.